The fourth-order valence-corrected chi connectivity index (χ4v) is 1.84. The molecule has 1 amide bonds. The molecule has 0 aliphatic rings. The zero-order valence-electron chi connectivity index (χ0n) is 12.7. The summed E-state index contributed by atoms with van der Waals surface area (Å²) in [7, 11) is 0. The number of rotatable bonds is 7. The first-order valence-corrected chi connectivity index (χ1v) is 6.99. The van der Waals surface area contributed by atoms with Gasteiger partial charge in [-0.25, -0.2) is 0 Å². The highest BCUT2D eigenvalue weighted by atomic mass is 19.4. The standard InChI is InChI=1S/C14H13F3N4O4/c15-14(16,17)9-25-12-3-1-2-10(6-12)19-13(22)4-5-20-8-11(7-18-20)21(23)24/h1-3,6-8H,4-5,9H2,(H,19,22). The van der Waals surface area contributed by atoms with E-state index in [0.717, 1.165) is 6.20 Å². The van der Waals surface area contributed by atoms with E-state index in [0.29, 0.717) is 0 Å². The zero-order chi connectivity index (χ0) is 18.4. The highest BCUT2D eigenvalue weighted by molar-refractivity contribution is 5.90. The highest BCUT2D eigenvalue weighted by Crippen LogP contribution is 2.21. The van der Waals surface area contributed by atoms with Crippen molar-refractivity contribution in [1.29, 1.82) is 0 Å². The minimum absolute atomic E-state index is 0.0214. The molecule has 0 saturated carbocycles. The second kappa shape index (κ2) is 7.64. The van der Waals surface area contributed by atoms with Crippen LogP contribution in [0.5, 0.6) is 5.75 Å². The number of ether oxygens (including phenoxy) is 1. The van der Waals surface area contributed by atoms with Gasteiger partial charge in [-0.2, -0.15) is 18.3 Å². The van der Waals surface area contributed by atoms with Crippen LogP contribution in [0.2, 0.25) is 0 Å². The lowest BCUT2D eigenvalue weighted by atomic mass is 10.3. The Hall–Kier alpha value is -3.11. The second-order valence-electron chi connectivity index (χ2n) is 4.95. The van der Waals surface area contributed by atoms with E-state index in [1.165, 1.54) is 35.1 Å². The Balaban J connectivity index is 1.86. The largest absolute Gasteiger partial charge is 0.484 e. The maximum absolute atomic E-state index is 12.1. The Morgan fingerprint density at radius 3 is 2.80 bits per heavy atom. The van der Waals surface area contributed by atoms with E-state index in [1.54, 1.807) is 0 Å². The van der Waals surface area contributed by atoms with E-state index in [1.807, 2.05) is 0 Å². The van der Waals surface area contributed by atoms with Gasteiger partial charge in [-0.1, -0.05) is 6.07 Å². The Kier molecular flexibility index (Phi) is 5.57. The molecule has 0 unspecified atom stereocenters. The van der Waals surface area contributed by atoms with Gasteiger partial charge in [-0.05, 0) is 12.1 Å². The molecule has 0 atom stereocenters. The molecule has 0 bridgehead atoms. The van der Waals surface area contributed by atoms with Gasteiger partial charge in [0.15, 0.2) is 6.61 Å². The van der Waals surface area contributed by atoms with Crippen LogP contribution in [0.15, 0.2) is 36.7 Å². The van der Waals surface area contributed by atoms with Crippen molar-refractivity contribution in [1.82, 2.24) is 9.78 Å². The number of alkyl halides is 3. The van der Waals surface area contributed by atoms with Gasteiger partial charge in [-0.15, -0.1) is 0 Å². The third-order valence-electron chi connectivity index (χ3n) is 2.92. The molecular formula is C14H13F3N4O4. The summed E-state index contributed by atoms with van der Waals surface area (Å²) in [6, 6.07) is 5.54. The molecule has 1 aromatic carbocycles. The number of aromatic nitrogens is 2. The number of benzene rings is 1. The number of amides is 1. The van der Waals surface area contributed by atoms with Crippen molar-refractivity contribution in [2.75, 3.05) is 11.9 Å². The Bertz CT molecular complexity index is 761. The number of carbonyl (C=O) groups is 1. The number of aryl methyl sites for hydroxylation is 1. The van der Waals surface area contributed by atoms with Crippen LogP contribution in [0.1, 0.15) is 6.42 Å². The lowest BCUT2D eigenvalue weighted by Gasteiger charge is -2.11. The zero-order valence-corrected chi connectivity index (χ0v) is 12.7. The van der Waals surface area contributed by atoms with Crippen LogP contribution in [0.25, 0.3) is 0 Å². The van der Waals surface area contributed by atoms with E-state index in [9.17, 15) is 28.1 Å². The summed E-state index contributed by atoms with van der Waals surface area (Å²) in [4.78, 5) is 21.8. The monoisotopic (exact) mass is 358 g/mol. The molecule has 2 rings (SSSR count). The van der Waals surface area contributed by atoms with Gasteiger partial charge in [0.1, 0.15) is 18.1 Å². The van der Waals surface area contributed by atoms with E-state index in [-0.39, 0.29) is 30.1 Å². The first-order valence-electron chi connectivity index (χ1n) is 6.99. The first kappa shape index (κ1) is 18.2. The lowest BCUT2D eigenvalue weighted by Crippen LogP contribution is -2.19. The Morgan fingerprint density at radius 2 is 2.16 bits per heavy atom. The van der Waals surface area contributed by atoms with Gasteiger partial charge in [0, 0.05) is 24.7 Å². The average Bonchev–Trinajstić information content (AvgIpc) is 3.00. The molecule has 0 aliphatic heterocycles. The fraction of sp³-hybridized carbons (Fsp3) is 0.286. The van der Waals surface area contributed by atoms with Crippen LogP contribution in [0.4, 0.5) is 24.5 Å². The predicted molar refractivity (Wildman–Crippen MR) is 80.1 cm³/mol. The molecule has 0 fully saturated rings. The molecule has 1 heterocycles. The topological polar surface area (TPSA) is 99.3 Å². The van der Waals surface area contributed by atoms with Gasteiger partial charge in [0.2, 0.25) is 5.91 Å². The minimum atomic E-state index is -4.45. The molecule has 134 valence electrons. The number of nitro groups is 1. The van der Waals surface area contributed by atoms with Crippen LogP contribution in [-0.2, 0) is 11.3 Å². The van der Waals surface area contributed by atoms with Crippen LogP contribution in [-0.4, -0.2) is 33.4 Å². The van der Waals surface area contributed by atoms with Gasteiger partial charge in [-0.3, -0.25) is 19.6 Å². The summed E-state index contributed by atoms with van der Waals surface area (Å²) < 4.78 is 42.2. The maximum Gasteiger partial charge on any atom is 0.422 e. The Labute approximate surface area is 139 Å². The SMILES string of the molecule is O=C(CCn1cc([N+](=O)[O-])cn1)Nc1cccc(OCC(F)(F)F)c1. The molecule has 8 nitrogen and oxygen atoms in total. The van der Waals surface area contributed by atoms with E-state index in [2.05, 4.69) is 15.2 Å². The van der Waals surface area contributed by atoms with Crippen molar-refractivity contribution in [3.05, 3.63) is 46.8 Å². The number of hydrogen-bond donors (Lipinski definition) is 1. The smallest absolute Gasteiger partial charge is 0.422 e. The van der Waals surface area contributed by atoms with Crippen LogP contribution in [0.3, 0.4) is 0 Å². The molecule has 0 saturated heterocycles. The number of nitrogens with zero attached hydrogens (tertiary/aromatic N) is 3. The molecule has 25 heavy (non-hydrogen) atoms. The number of halogens is 3. The molecule has 0 aliphatic carbocycles. The lowest BCUT2D eigenvalue weighted by molar-refractivity contribution is -0.385. The van der Waals surface area contributed by atoms with Crippen LogP contribution >= 0.6 is 0 Å². The molecule has 0 radical (unpaired) electrons. The van der Waals surface area contributed by atoms with Gasteiger partial charge >= 0.3 is 11.9 Å². The van der Waals surface area contributed by atoms with Gasteiger partial charge < -0.3 is 10.1 Å². The summed E-state index contributed by atoms with van der Waals surface area (Å²) in [5.41, 5.74) is 0.0889. The number of anilines is 1. The third-order valence-corrected chi connectivity index (χ3v) is 2.92. The minimum Gasteiger partial charge on any atom is -0.484 e. The van der Waals surface area contributed by atoms with Crippen LogP contribution in [0, 0.1) is 10.1 Å². The third kappa shape index (κ3) is 6.12. The Morgan fingerprint density at radius 1 is 1.40 bits per heavy atom. The van der Waals surface area contributed by atoms with E-state index in [4.69, 9.17) is 0 Å². The normalized spacial score (nSPS) is 11.2. The molecule has 1 aromatic heterocycles. The number of nitrogens with one attached hydrogen (secondary N) is 1. The summed E-state index contributed by atoms with van der Waals surface area (Å²) in [5, 5.41) is 16.8. The number of carbonyl (C=O) groups excluding carboxylic acids is 1. The summed E-state index contributed by atoms with van der Waals surface area (Å²) in [5.74, 6) is -0.455. The highest BCUT2D eigenvalue weighted by Gasteiger charge is 2.28. The fourth-order valence-electron chi connectivity index (χ4n) is 1.84. The average molecular weight is 358 g/mol. The molecule has 0 spiro atoms. The van der Waals surface area contributed by atoms with E-state index < -0.39 is 23.6 Å². The van der Waals surface area contributed by atoms with Crippen molar-refractivity contribution in [3.8, 4) is 5.75 Å². The molecule has 1 N–H and O–H groups in total. The molecular weight excluding hydrogens is 345 g/mol. The van der Waals surface area contributed by atoms with Crippen molar-refractivity contribution in [2.24, 2.45) is 0 Å². The summed E-state index contributed by atoms with van der Waals surface area (Å²) in [6.45, 7) is -1.31. The van der Waals surface area contributed by atoms with Crippen molar-refractivity contribution >= 4 is 17.3 Å². The number of hydrogen-bond acceptors (Lipinski definition) is 5. The van der Waals surface area contributed by atoms with Crippen molar-refractivity contribution in [3.63, 3.8) is 0 Å². The van der Waals surface area contributed by atoms with Crippen LogP contribution < -0.4 is 10.1 Å². The quantitative estimate of drug-likeness (QED) is 0.606. The second-order valence-corrected chi connectivity index (χ2v) is 4.95. The van der Waals surface area contributed by atoms with Gasteiger partial charge in [0.25, 0.3) is 0 Å². The van der Waals surface area contributed by atoms with Crippen molar-refractivity contribution < 1.29 is 27.6 Å². The predicted octanol–water partition coefficient (Wildman–Crippen LogP) is 2.76. The summed E-state index contributed by atoms with van der Waals surface area (Å²) >= 11 is 0. The maximum atomic E-state index is 12.1. The van der Waals surface area contributed by atoms with Gasteiger partial charge in [0.05, 0.1) is 4.92 Å². The van der Waals surface area contributed by atoms with Crippen molar-refractivity contribution in [2.45, 2.75) is 19.1 Å². The molecule has 11 heteroatoms. The first-order chi connectivity index (χ1) is 11.7. The summed E-state index contributed by atoms with van der Waals surface area (Å²) in [6.07, 6.45) is -2.21. The van der Waals surface area contributed by atoms with E-state index >= 15 is 0 Å². The molecule has 2 aromatic rings.